The fraction of sp³-hybridized carbons (Fsp3) is 0.375. The highest BCUT2D eigenvalue weighted by Gasteiger charge is 2.12. The second kappa shape index (κ2) is 4.74. The molecule has 0 aliphatic carbocycles. The zero-order chi connectivity index (χ0) is 9.84. The van der Waals surface area contributed by atoms with Gasteiger partial charge >= 0.3 is 0 Å². The van der Waals surface area contributed by atoms with E-state index in [1.54, 1.807) is 0 Å². The highest BCUT2D eigenvalue weighted by molar-refractivity contribution is 9.10. The Morgan fingerprint density at radius 1 is 1.77 bits per heavy atom. The zero-order valence-electron chi connectivity index (χ0n) is 7.13. The van der Waals surface area contributed by atoms with Gasteiger partial charge in [-0.05, 0) is 33.8 Å². The van der Waals surface area contributed by atoms with Crippen LogP contribution in [-0.4, -0.2) is 24.2 Å². The van der Waals surface area contributed by atoms with Crippen molar-refractivity contribution in [3.8, 4) is 0 Å². The Hall–Kier alpha value is -0.390. The number of carbonyl (C=O) groups excluding carboxylic acids is 1. The maximum atomic E-state index is 11.4. The number of hydrogen-bond acceptors (Lipinski definition) is 3. The smallest absolute Gasteiger partial charge is 0.262 e. The Morgan fingerprint density at radius 2 is 2.46 bits per heavy atom. The number of aryl methyl sites for hydroxylation is 1. The third-order valence-corrected chi connectivity index (χ3v) is 3.88. The molecule has 1 aromatic rings. The number of amides is 1. The van der Waals surface area contributed by atoms with Gasteiger partial charge in [-0.15, -0.1) is 11.3 Å². The van der Waals surface area contributed by atoms with Crippen molar-refractivity contribution in [3.05, 3.63) is 20.3 Å². The predicted octanol–water partition coefficient (Wildman–Crippen LogP) is 1.54. The lowest BCUT2D eigenvalue weighted by molar-refractivity contribution is 0.0948. The standard InChI is InChI=1S/C8H10BrNO2S/c1-5-4-13-7(6(5)9)8(12)10-2-3-11/h4,11H,2-3H2,1H3,(H,10,12). The first-order valence-corrected chi connectivity index (χ1v) is 5.46. The summed E-state index contributed by atoms with van der Waals surface area (Å²) in [4.78, 5) is 12.1. The van der Waals surface area contributed by atoms with Crippen LogP contribution in [-0.2, 0) is 0 Å². The normalized spacial score (nSPS) is 10.1. The minimum atomic E-state index is -0.140. The lowest BCUT2D eigenvalue weighted by Gasteiger charge is -2.00. The van der Waals surface area contributed by atoms with Gasteiger partial charge in [0.05, 0.1) is 6.61 Å². The highest BCUT2D eigenvalue weighted by Crippen LogP contribution is 2.27. The molecule has 0 aliphatic heterocycles. The van der Waals surface area contributed by atoms with E-state index in [1.165, 1.54) is 11.3 Å². The molecule has 72 valence electrons. The fourth-order valence-electron chi connectivity index (χ4n) is 0.833. The molecule has 0 aliphatic rings. The summed E-state index contributed by atoms with van der Waals surface area (Å²) < 4.78 is 0.841. The summed E-state index contributed by atoms with van der Waals surface area (Å²) >= 11 is 4.72. The molecule has 0 atom stereocenters. The molecule has 0 unspecified atom stereocenters. The average molecular weight is 264 g/mol. The molecule has 0 saturated carbocycles. The van der Waals surface area contributed by atoms with Gasteiger partial charge in [-0.2, -0.15) is 0 Å². The second-order valence-electron chi connectivity index (χ2n) is 2.54. The van der Waals surface area contributed by atoms with Crippen LogP contribution in [0.25, 0.3) is 0 Å². The first kappa shape index (κ1) is 10.7. The molecule has 0 saturated heterocycles. The maximum absolute atomic E-state index is 11.4. The molecule has 13 heavy (non-hydrogen) atoms. The fourth-order valence-corrected chi connectivity index (χ4v) is 2.42. The minimum absolute atomic E-state index is 0.0340. The SMILES string of the molecule is Cc1csc(C(=O)NCCO)c1Br. The molecule has 5 heteroatoms. The van der Waals surface area contributed by atoms with E-state index >= 15 is 0 Å². The number of aliphatic hydroxyl groups is 1. The van der Waals surface area contributed by atoms with Crippen LogP contribution >= 0.6 is 27.3 Å². The largest absolute Gasteiger partial charge is 0.395 e. The number of hydrogen-bond donors (Lipinski definition) is 2. The number of nitrogens with one attached hydrogen (secondary N) is 1. The maximum Gasteiger partial charge on any atom is 0.262 e. The van der Waals surface area contributed by atoms with Crippen molar-refractivity contribution in [1.82, 2.24) is 5.32 Å². The van der Waals surface area contributed by atoms with Crippen LogP contribution in [0.5, 0.6) is 0 Å². The van der Waals surface area contributed by atoms with Gasteiger partial charge in [-0.1, -0.05) is 0 Å². The van der Waals surface area contributed by atoms with Crippen LogP contribution in [0.2, 0.25) is 0 Å². The van der Waals surface area contributed by atoms with E-state index in [4.69, 9.17) is 5.11 Å². The van der Waals surface area contributed by atoms with Crippen molar-refractivity contribution in [2.75, 3.05) is 13.2 Å². The molecular weight excluding hydrogens is 254 g/mol. The molecule has 3 nitrogen and oxygen atoms in total. The zero-order valence-corrected chi connectivity index (χ0v) is 9.54. The first-order valence-electron chi connectivity index (χ1n) is 3.79. The molecule has 0 radical (unpaired) electrons. The molecule has 0 spiro atoms. The summed E-state index contributed by atoms with van der Waals surface area (Å²) in [7, 11) is 0. The summed E-state index contributed by atoms with van der Waals surface area (Å²) in [6, 6.07) is 0. The summed E-state index contributed by atoms with van der Waals surface area (Å²) in [5, 5.41) is 13.0. The lowest BCUT2D eigenvalue weighted by atomic mass is 10.3. The van der Waals surface area contributed by atoms with E-state index in [0.717, 1.165) is 10.0 Å². The van der Waals surface area contributed by atoms with E-state index < -0.39 is 0 Å². The summed E-state index contributed by atoms with van der Waals surface area (Å²) in [6.45, 7) is 2.19. The van der Waals surface area contributed by atoms with Crippen LogP contribution in [0.15, 0.2) is 9.85 Å². The molecule has 0 aromatic carbocycles. The van der Waals surface area contributed by atoms with Gasteiger partial charge in [0.15, 0.2) is 0 Å². The van der Waals surface area contributed by atoms with Crippen molar-refractivity contribution in [2.24, 2.45) is 0 Å². The lowest BCUT2D eigenvalue weighted by Crippen LogP contribution is -2.25. The van der Waals surface area contributed by atoms with Crippen LogP contribution in [0.1, 0.15) is 15.2 Å². The third kappa shape index (κ3) is 2.52. The summed E-state index contributed by atoms with van der Waals surface area (Å²) in [6.07, 6.45) is 0. The van der Waals surface area contributed by atoms with Crippen molar-refractivity contribution < 1.29 is 9.90 Å². The Balaban J connectivity index is 2.71. The molecule has 1 amide bonds. The van der Waals surface area contributed by atoms with Gasteiger partial charge in [-0.25, -0.2) is 0 Å². The highest BCUT2D eigenvalue weighted by atomic mass is 79.9. The van der Waals surface area contributed by atoms with Crippen LogP contribution in [0.3, 0.4) is 0 Å². The van der Waals surface area contributed by atoms with Crippen LogP contribution < -0.4 is 5.32 Å². The summed E-state index contributed by atoms with van der Waals surface area (Å²) in [5.41, 5.74) is 1.05. The average Bonchev–Trinajstić information content (AvgIpc) is 2.44. The minimum Gasteiger partial charge on any atom is -0.395 e. The van der Waals surface area contributed by atoms with E-state index in [0.29, 0.717) is 11.4 Å². The number of rotatable bonds is 3. The van der Waals surface area contributed by atoms with Gasteiger partial charge in [0.2, 0.25) is 0 Å². The predicted molar refractivity (Wildman–Crippen MR) is 56.2 cm³/mol. The Bertz CT molecular complexity index is 311. The third-order valence-electron chi connectivity index (χ3n) is 1.50. The van der Waals surface area contributed by atoms with Crippen molar-refractivity contribution in [3.63, 3.8) is 0 Å². The Labute approximate surface area is 88.9 Å². The number of carbonyl (C=O) groups is 1. The Kier molecular flexibility index (Phi) is 3.90. The summed E-state index contributed by atoms with van der Waals surface area (Å²) in [5.74, 6) is -0.140. The van der Waals surface area contributed by atoms with E-state index in [2.05, 4.69) is 21.2 Å². The Morgan fingerprint density at radius 3 is 2.92 bits per heavy atom. The molecule has 2 N–H and O–H groups in total. The number of halogens is 1. The second-order valence-corrected chi connectivity index (χ2v) is 4.21. The van der Waals surface area contributed by atoms with Crippen LogP contribution in [0, 0.1) is 6.92 Å². The van der Waals surface area contributed by atoms with Crippen molar-refractivity contribution in [2.45, 2.75) is 6.92 Å². The molecule has 0 fully saturated rings. The van der Waals surface area contributed by atoms with Gasteiger partial charge in [0.25, 0.3) is 5.91 Å². The van der Waals surface area contributed by atoms with E-state index in [-0.39, 0.29) is 12.5 Å². The number of thiophene rings is 1. The van der Waals surface area contributed by atoms with Gasteiger partial charge in [0, 0.05) is 11.0 Å². The molecule has 1 rings (SSSR count). The first-order chi connectivity index (χ1) is 6.16. The molecular formula is C8H10BrNO2S. The van der Waals surface area contributed by atoms with Gasteiger partial charge < -0.3 is 10.4 Å². The van der Waals surface area contributed by atoms with E-state index in [9.17, 15) is 4.79 Å². The molecule has 0 bridgehead atoms. The topological polar surface area (TPSA) is 49.3 Å². The van der Waals surface area contributed by atoms with Crippen LogP contribution in [0.4, 0.5) is 0 Å². The quantitative estimate of drug-likeness (QED) is 0.870. The molecule has 1 heterocycles. The van der Waals surface area contributed by atoms with E-state index in [1.807, 2.05) is 12.3 Å². The van der Waals surface area contributed by atoms with Gasteiger partial charge in [-0.3, -0.25) is 4.79 Å². The van der Waals surface area contributed by atoms with Gasteiger partial charge in [0.1, 0.15) is 4.88 Å². The number of aliphatic hydroxyl groups excluding tert-OH is 1. The molecule has 1 aromatic heterocycles. The van der Waals surface area contributed by atoms with Crippen molar-refractivity contribution >= 4 is 33.2 Å². The monoisotopic (exact) mass is 263 g/mol. The van der Waals surface area contributed by atoms with Crippen molar-refractivity contribution in [1.29, 1.82) is 0 Å².